The topological polar surface area (TPSA) is 0 Å². The fourth-order valence-corrected chi connectivity index (χ4v) is 1.80. The van der Waals surface area contributed by atoms with Gasteiger partial charge in [0.1, 0.15) is 0 Å². The van der Waals surface area contributed by atoms with Crippen LogP contribution in [0.15, 0.2) is 12.2 Å². The van der Waals surface area contributed by atoms with Gasteiger partial charge in [0.15, 0.2) is 0 Å². The minimum Gasteiger partial charge on any atom is -0.0928 e. The second-order valence-electron chi connectivity index (χ2n) is 3.52. The van der Waals surface area contributed by atoms with Gasteiger partial charge < -0.3 is 0 Å². The third-order valence-corrected chi connectivity index (χ3v) is 2.80. The van der Waals surface area contributed by atoms with Crippen LogP contribution in [0.25, 0.3) is 0 Å². The summed E-state index contributed by atoms with van der Waals surface area (Å²) in [5.74, 6) is 0. The first kappa shape index (κ1) is 13.2. The lowest BCUT2D eigenvalue weighted by atomic mass is 10.1. The van der Waals surface area contributed by atoms with E-state index in [0.29, 0.717) is 0 Å². The zero-order valence-corrected chi connectivity index (χ0v) is 10.5. The number of rotatable bonds is 9. The molecule has 0 heterocycles. The molecule has 0 aromatic heterocycles. The van der Waals surface area contributed by atoms with Crippen molar-refractivity contribution < 1.29 is 0 Å². The lowest BCUT2D eigenvalue weighted by Gasteiger charge is -1.99. The first-order valence-electron chi connectivity index (χ1n) is 5.59. The average Bonchev–Trinajstić information content (AvgIpc) is 2.16. The summed E-state index contributed by atoms with van der Waals surface area (Å²) in [6.45, 7) is 2.10. The van der Waals surface area contributed by atoms with Crippen molar-refractivity contribution in [3.63, 3.8) is 0 Å². The zero-order valence-electron chi connectivity index (χ0n) is 8.90. The number of halogens is 1. The van der Waals surface area contributed by atoms with Gasteiger partial charge in [0.05, 0.1) is 0 Å². The number of hydrogen-bond donors (Lipinski definition) is 0. The van der Waals surface area contributed by atoms with Gasteiger partial charge >= 0.3 is 0 Å². The summed E-state index contributed by atoms with van der Waals surface area (Å²) in [6.07, 6.45) is 15.5. The molecule has 0 fully saturated rings. The molecule has 0 radical (unpaired) electrons. The molecular formula is C12H23Br. The molecule has 0 N–H and O–H groups in total. The lowest BCUT2D eigenvalue weighted by molar-refractivity contribution is 0.594. The summed E-state index contributed by atoms with van der Waals surface area (Å²) in [5, 5.41) is 1.17. The summed E-state index contributed by atoms with van der Waals surface area (Å²) < 4.78 is 0. The standard InChI is InChI=1S/C12H23Br/c1-2-3-4-5-6-7-8-9-10-11-12-13/h2-3H,4-12H2,1H3/b3-2+. The minimum absolute atomic E-state index is 1.17. The Kier molecular flexibility index (Phi) is 12.4. The molecule has 0 saturated carbocycles. The molecule has 0 nitrogen and oxygen atoms in total. The Labute approximate surface area is 91.9 Å². The van der Waals surface area contributed by atoms with Crippen molar-refractivity contribution in [2.24, 2.45) is 0 Å². The molecular weight excluding hydrogens is 224 g/mol. The van der Waals surface area contributed by atoms with Crippen LogP contribution in [0.4, 0.5) is 0 Å². The van der Waals surface area contributed by atoms with Crippen molar-refractivity contribution in [1.29, 1.82) is 0 Å². The summed E-state index contributed by atoms with van der Waals surface area (Å²) in [6, 6.07) is 0. The zero-order chi connectivity index (χ0) is 9.78. The van der Waals surface area contributed by atoms with Crippen LogP contribution in [0.1, 0.15) is 58.3 Å². The van der Waals surface area contributed by atoms with E-state index < -0.39 is 0 Å². The highest BCUT2D eigenvalue weighted by molar-refractivity contribution is 9.09. The van der Waals surface area contributed by atoms with Crippen molar-refractivity contribution in [3.05, 3.63) is 12.2 Å². The van der Waals surface area contributed by atoms with Gasteiger partial charge in [-0.1, -0.05) is 60.2 Å². The van der Waals surface area contributed by atoms with Crippen molar-refractivity contribution >= 4 is 15.9 Å². The first-order chi connectivity index (χ1) is 6.41. The Morgan fingerprint density at radius 2 is 1.38 bits per heavy atom. The summed E-state index contributed by atoms with van der Waals surface area (Å²) in [5.41, 5.74) is 0. The van der Waals surface area contributed by atoms with E-state index in [1.165, 1.54) is 56.7 Å². The quantitative estimate of drug-likeness (QED) is 0.303. The van der Waals surface area contributed by atoms with Crippen LogP contribution in [-0.4, -0.2) is 5.33 Å². The monoisotopic (exact) mass is 246 g/mol. The van der Waals surface area contributed by atoms with Crippen LogP contribution in [-0.2, 0) is 0 Å². The van der Waals surface area contributed by atoms with Crippen molar-refractivity contribution in [3.8, 4) is 0 Å². The van der Waals surface area contributed by atoms with Crippen molar-refractivity contribution in [1.82, 2.24) is 0 Å². The molecule has 13 heavy (non-hydrogen) atoms. The number of alkyl halides is 1. The van der Waals surface area contributed by atoms with Crippen LogP contribution in [0.5, 0.6) is 0 Å². The summed E-state index contributed by atoms with van der Waals surface area (Å²) >= 11 is 3.45. The van der Waals surface area contributed by atoms with Gasteiger partial charge in [-0.15, -0.1) is 0 Å². The number of hydrogen-bond acceptors (Lipinski definition) is 0. The highest BCUT2D eigenvalue weighted by atomic mass is 79.9. The molecule has 0 aromatic rings. The van der Waals surface area contributed by atoms with Gasteiger partial charge in [-0.25, -0.2) is 0 Å². The van der Waals surface area contributed by atoms with Gasteiger partial charge in [-0.05, 0) is 26.2 Å². The third-order valence-electron chi connectivity index (χ3n) is 2.24. The van der Waals surface area contributed by atoms with Gasteiger partial charge in [-0.3, -0.25) is 0 Å². The molecule has 0 aliphatic rings. The van der Waals surface area contributed by atoms with E-state index >= 15 is 0 Å². The third kappa shape index (κ3) is 12.2. The summed E-state index contributed by atoms with van der Waals surface area (Å²) in [4.78, 5) is 0. The fraction of sp³-hybridized carbons (Fsp3) is 0.833. The molecule has 1 heteroatoms. The second-order valence-corrected chi connectivity index (χ2v) is 4.31. The van der Waals surface area contributed by atoms with Crippen LogP contribution in [0.3, 0.4) is 0 Å². The van der Waals surface area contributed by atoms with E-state index in [4.69, 9.17) is 0 Å². The molecule has 0 atom stereocenters. The average molecular weight is 247 g/mol. The van der Waals surface area contributed by atoms with Gasteiger partial charge in [-0.2, -0.15) is 0 Å². The molecule has 0 bridgehead atoms. The van der Waals surface area contributed by atoms with Gasteiger partial charge in [0, 0.05) is 5.33 Å². The highest BCUT2D eigenvalue weighted by Crippen LogP contribution is 2.09. The predicted molar refractivity (Wildman–Crippen MR) is 65.5 cm³/mol. The maximum atomic E-state index is 3.45. The Morgan fingerprint density at radius 3 is 1.92 bits per heavy atom. The highest BCUT2D eigenvalue weighted by Gasteiger charge is 1.89. The smallest absolute Gasteiger partial charge is 0.00313 e. The number of allylic oxidation sites excluding steroid dienone is 2. The van der Waals surface area contributed by atoms with Crippen molar-refractivity contribution in [2.45, 2.75) is 58.3 Å². The first-order valence-corrected chi connectivity index (χ1v) is 6.71. The second kappa shape index (κ2) is 12.2. The van der Waals surface area contributed by atoms with Crippen LogP contribution in [0, 0.1) is 0 Å². The predicted octanol–water partition coefficient (Wildman–Crippen LogP) is 5.08. The van der Waals surface area contributed by atoms with E-state index in [9.17, 15) is 0 Å². The maximum Gasteiger partial charge on any atom is 0.00313 e. The molecule has 0 aliphatic carbocycles. The van der Waals surface area contributed by atoms with E-state index in [2.05, 4.69) is 35.0 Å². The lowest BCUT2D eigenvalue weighted by Crippen LogP contribution is -1.80. The van der Waals surface area contributed by atoms with Gasteiger partial charge in [0.25, 0.3) is 0 Å². The van der Waals surface area contributed by atoms with E-state index in [0.717, 1.165) is 0 Å². The normalized spacial score (nSPS) is 11.2. The molecule has 0 spiro atoms. The minimum atomic E-state index is 1.17. The molecule has 0 saturated heterocycles. The molecule has 78 valence electrons. The van der Waals surface area contributed by atoms with Crippen LogP contribution >= 0.6 is 15.9 Å². The Bertz CT molecular complexity index is 108. The molecule has 0 aromatic carbocycles. The van der Waals surface area contributed by atoms with E-state index in [-0.39, 0.29) is 0 Å². The Morgan fingerprint density at radius 1 is 0.846 bits per heavy atom. The van der Waals surface area contributed by atoms with Crippen molar-refractivity contribution in [2.75, 3.05) is 5.33 Å². The van der Waals surface area contributed by atoms with Crippen LogP contribution in [0.2, 0.25) is 0 Å². The SMILES string of the molecule is C/C=C/CCCCCCCCCBr. The van der Waals surface area contributed by atoms with Crippen LogP contribution < -0.4 is 0 Å². The molecule has 0 rings (SSSR count). The molecule has 0 unspecified atom stereocenters. The summed E-state index contributed by atoms with van der Waals surface area (Å²) in [7, 11) is 0. The van der Waals surface area contributed by atoms with E-state index in [1.807, 2.05) is 0 Å². The largest absolute Gasteiger partial charge is 0.0928 e. The van der Waals surface area contributed by atoms with E-state index in [1.54, 1.807) is 0 Å². The Hall–Kier alpha value is 0.220. The fourth-order valence-electron chi connectivity index (χ4n) is 1.41. The molecule has 0 amide bonds. The van der Waals surface area contributed by atoms with Gasteiger partial charge in [0.2, 0.25) is 0 Å². The Balaban J connectivity index is 2.83. The number of unbranched alkanes of at least 4 members (excludes halogenated alkanes) is 7. The maximum absolute atomic E-state index is 3.45. The molecule has 0 aliphatic heterocycles.